The molecule has 0 fully saturated rings. The maximum atomic E-state index is 5.87. The Morgan fingerprint density at radius 3 is 3.00 bits per heavy atom. The van der Waals surface area contributed by atoms with Crippen molar-refractivity contribution in [3.8, 4) is 5.75 Å². The number of rotatable bonds is 0. The molecule has 1 aliphatic rings. The molecule has 1 atom stereocenters. The fourth-order valence-corrected chi connectivity index (χ4v) is 1.37. The van der Waals surface area contributed by atoms with Gasteiger partial charge in [0.1, 0.15) is 5.75 Å². The van der Waals surface area contributed by atoms with Crippen LogP contribution >= 0.6 is 0 Å². The monoisotopic (exact) mass is 149 g/mol. The lowest BCUT2D eigenvalue weighted by atomic mass is 10.0. The van der Waals surface area contributed by atoms with Crippen molar-refractivity contribution in [1.82, 2.24) is 0 Å². The van der Waals surface area contributed by atoms with Gasteiger partial charge in [-0.3, -0.25) is 0 Å². The molecule has 2 nitrogen and oxygen atoms in total. The van der Waals surface area contributed by atoms with Gasteiger partial charge in [0.05, 0.1) is 6.61 Å². The highest BCUT2D eigenvalue weighted by molar-refractivity contribution is 5.36. The Hall–Kier alpha value is -1.02. The molecule has 0 bridgehead atoms. The van der Waals surface area contributed by atoms with Gasteiger partial charge in [-0.1, -0.05) is 18.2 Å². The van der Waals surface area contributed by atoms with Crippen molar-refractivity contribution < 1.29 is 4.74 Å². The van der Waals surface area contributed by atoms with Crippen LogP contribution in [0.15, 0.2) is 24.3 Å². The van der Waals surface area contributed by atoms with Gasteiger partial charge in [-0.25, -0.2) is 0 Å². The number of nitrogens with two attached hydrogens (primary N) is 1. The Labute approximate surface area is 66.0 Å². The summed E-state index contributed by atoms with van der Waals surface area (Å²) in [4.78, 5) is 0. The molecule has 1 aromatic rings. The average molecular weight is 149 g/mol. The maximum Gasteiger partial charge on any atom is 0.124 e. The van der Waals surface area contributed by atoms with Crippen molar-refractivity contribution in [3.05, 3.63) is 29.8 Å². The molecule has 0 saturated carbocycles. The quantitative estimate of drug-likeness (QED) is 0.606. The first-order valence-corrected chi connectivity index (χ1v) is 3.85. The molecule has 0 radical (unpaired) electrons. The van der Waals surface area contributed by atoms with E-state index in [9.17, 15) is 0 Å². The minimum Gasteiger partial charge on any atom is -0.493 e. The molecule has 0 spiro atoms. The Balaban J connectivity index is 2.44. The Morgan fingerprint density at radius 2 is 2.18 bits per heavy atom. The van der Waals surface area contributed by atoms with Crippen molar-refractivity contribution in [3.63, 3.8) is 0 Å². The normalized spacial score (nSPS) is 22.1. The van der Waals surface area contributed by atoms with Gasteiger partial charge < -0.3 is 10.5 Å². The summed E-state index contributed by atoms with van der Waals surface area (Å²) in [6, 6.07) is 8.12. The minimum atomic E-state index is 0.167. The van der Waals surface area contributed by atoms with Crippen LogP contribution in [0.25, 0.3) is 0 Å². The first-order valence-electron chi connectivity index (χ1n) is 3.85. The van der Waals surface area contributed by atoms with Crippen LogP contribution in [0, 0.1) is 0 Å². The number of ether oxygens (including phenoxy) is 1. The lowest BCUT2D eigenvalue weighted by Crippen LogP contribution is -2.20. The van der Waals surface area contributed by atoms with E-state index in [2.05, 4.69) is 0 Å². The van der Waals surface area contributed by atoms with E-state index in [0.29, 0.717) is 0 Å². The van der Waals surface area contributed by atoms with E-state index < -0.39 is 0 Å². The molecular formula is C9H11NO. The third-order valence-corrected chi connectivity index (χ3v) is 2.00. The Morgan fingerprint density at radius 1 is 1.36 bits per heavy atom. The molecule has 0 aliphatic carbocycles. The van der Waals surface area contributed by atoms with Gasteiger partial charge in [0.25, 0.3) is 0 Å². The van der Waals surface area contributed by atoms with Crippen LogP contribution in [-0.2, 0) is 0 Å². The van der Waals surface area contributed by atoms with Crippen LogP contribution in [0.4, 0.5) is 0 Å². The zero-order chi connectivity index (χ0) is 7.68. The second-order valence-electron chi connectivity index (χ2n) is 2.78. The second kappa shape index (κ2) is 2.55. The first-order chi connectivity index (χ1) is 5.38. The molecule has 0 unspecified atom stereocenters. The molecule has 58 valence electrons. The first kappa shape index (κ1) is 6.68. The number of para-hydroxylation sites is 1. The standard InChI is InChI=1S/C9H11NO/c10-8-5-6-11-9-4-2-1-3-7(8)9/h1-4,8H,5-6,10H2/t8-/m1/s1. The van der Waals surface area contributed by atoms with Gasteiger partial charge in [-0.15, -0.1) is 0 Å². The van der Waals surface area contributed by atoms with Crippen LogP contribution in [-0.4, -0.2) is 6.61 Å². The number of fused-ring (bicyclic) bond motifs is 1. The summed E-state index contributed by atoms with van der Waals surface area (Å²) in [5.41, 5.74) is 7.00. The third kappa shape index (κ3) is 1.10. The average Bonchev–Trinajstić information content (AvgIpc) is 2.06. The molecular weight excluding hydrogens is 138 g/mol. The Bertz CT molecular complexity index is 259. The van der Waals surface area contributed by atoms with Crippen LogP contribution in [0.5, 0.6) is 5.75 Å². The summed E-state index contributed by atoms with van der Waals surface area (Å²) in [5.74, 6) is 0.950. The van der Waals surface area contributed by atoms with Crippen molar-refractivity contribution >= 4 is 0 Å². The van der Waals surface area contributed by atoms with Gasteiger partial charge in [0.2, 0.25) is 0 Å². The van der Waals surface area contributed by atoms with Crippen LogP contribution in [0.1, 0.15) is 18.0 Å². The molecule has 0 amide bonds. The number of benzene rings is 1. The molecule has 1 heterocycles. The SMILES string of the molecule is N[C@@H]1CCOc2ccccc21. The summed E-state index contributed by atoms with van der Waals surface area (Å²) in [6.07, 6.45) is 0.928. The third-order valence-electron chi connectivity index (χ3n) is 2.00. The molecule has 2 N–H and O–H groups in total. The zero-order valence-corrected chi connectivity index (χ0v) is 6.29. The lowest BCUT2D eigenvalue weighted by Gasteiger charge is -2.22. The van der Waals surface area contributed by atoms with Crippen molar-refractivity contribution in [2.45, 2.75) is 12.5 Å². The largest absolute Gasteiger partial charge is 0.493 e. The van der Waals surface area contributed by atoms with Crippen LogP contribution in [0.3, 0.4) is 0 Å². The predicted octanol–water partition coefficient (Wildman–Crippen LogP) is 1.47. The Kier molecular flexibility index (Phi) is 1.55. The maximum absolute atomic E-state index is 5.87. The van der Waals surface area contributed by atoms with Crippen molar-refractivity contribution in [2.75, 3.05) is 6.61 Å². The lowest BCUT2D eigenvalue weighted by molar-refractivity contribution is 0.269. The second-order valence-corrected chi connectivity index (χ2v) is 2.78. The summed E-state index contributed by atoms with van der Waals surface area (Å²) in [6.45, 7) is 0.748. The van der Waals surface area contributed by atoms with Crippen LogP contribution < -0.4 is 10.5 Å². The topological polar surface area (TPSA) is 35.2 Å². The highest BCUT2D eigenvalue weighted by Crippen LogP contribution is 2.29. The molecule has 1 aliphatic heterocycles. The molecule has 2 rings (SSSR count). The number of hydrogen-bond donors (Lipinski definition) is 1. The van der Waals surface area contributed by atoms with Gasteiger partial charge in [-0.05, 0) is 6.07 Å². The molecule has 11 heavy (non-hydrogen) atoms. The van der Waals surface area contributed by atoms with Crippen LogP contribution in [0.2, 0.25) is 0 Å². The number of hydrogen-bond acceptors (Lipinski definition) is 2. The zero-order valence-electron chi connectivity index (χ0n) is 6.29. The summed E-state index contributed by atoms with van der Waals surface area (Å²) >= 11 is 0. The van der Waals surface area contributed by atoms with E-state index in [1.807, 2.05) is 24.3 Å². The van der Waals surface area contributed by atoms with E-state index in [1.54, 1.807) is 0 Å². The fraction of sp³-hybridized carbons (Fsp3) is 0.333. The van der Waals surface area contributed by atoms with Gasteiger partial charge in [-0.2, -0.15) is 0 Å². The predicted molar refractivity (Wildman–Crippen MR) is 43.5 cm³/mol. The minimum absolute atomic E-state index is 0.167. The van der Waals surface area contributed by atoms with E-state index in [1.165, 1.54) is 0 Å². The summed E-state index contributed by atoms with van der Waals surface area (Å²) in [5, 5.41) is 0. The van der Waals surface area contributed by atoms with Gasteiger partial charge in [0.15, 0.2) is 0 Å². The van der Waals surface area contributed by atoms with Gasteiger partial charge in [0, 0.05) is 18.0 Å². The summed E-state index contributed by atoms with van der Waals surface area (Å²) < 4.78 is 5.41. The highest BCUT2D eigenvalue weighted by Gasteiger charge is 2.16. The molecule has 1 aromatic carbocycles. The van der Waals surface area contributed by atoms with Crippen molar-refractivity contribution in [2.24, 2.45) is 5.73 Å². The van der Waals surface area contributed by atoms with E-state index >= 15 is 0 Å². The van der Waals surface area contributed by atoms with E-state index in [0.717, 1.165) is 24.3 Å². The highest BCUT2D eigenvalue weighted by atomic mass is 16.5. The molecule has 0 saturated heterocycles. The molecule has 0 aromatic heterocycles. The van der Waals surface area contributed by atoms with Crippen molar-refractivity contribution in [1.29, 1.82) is 0 Å². The fourth-order valence-electron chi connectivity index (χ4n) is 1.37. The summed E-state index contributed by atoms with van der Waals surface area (Å²) in [7, 11) is 0. The van der Waals surface area contributed by atoms with E-state index in [4.69, 9.17) is 10.5 Å². The van der Waals surface area contributed by atoms with E-state index in [-0.39, 0.29) is 6.04 Å². The smallest absolute Gasteiger partial charge is 0.124 e. The van der Waals surface area contributed by atoms with Gasteiger partial charge >= 0.3 is 0 Å². The molecule has 2 heteroatoms.